The van der Waals surface area contributed by atoms with E-state index >= 15 is 0 Å². The van der Waals surface area contributed by atoms with Crippen molar-refractivity contribution in [1.82, 2.24) is 14.9 Å². The first-order valence-corrected chi connectivity index (χ1v) is 6.76. The fourth-order valence-corrected chi connectivity index (χ4v) is 2.47. The van der Waals surface area contributed by atoms with Gasteiger partial charge in [-0.2, -0.15) is 0 Å². The zero-order chi connectivity index (χ0) is 13.3. The fourth-order valence-electron chi connectivity index (χ4n) is 2.47. The lowest BCUT2D eigenvalue weighted by atomic mass is 10.2. The predicted molar refractivity (Wildman–Crippen MR) is 76.9 cm³/mol. The number of hydrogen-bond donors (Lipinski definition) is 1. The van der Waals surface area contributed by atoms with Crippen LogP contribution in [0.25, 0.3) is 11.0 Å². The summed E-state index contributed by atoms with van der Waals surface area (Å²) in [5, 5.41) is 3.45. The molecule has 0 amide bonds. The molecule has 0 aliphatic rings. The van der Waals surface area contributed by atoms with Crippen LogP contribution in [-0.2, 0) is 0 Å². The predicted octanol–water partition coefficient (Wildman–Crippen LogP) is 3.60. The van der Waals surface area contributed by atoms with E-state index in [1.54, 1.807) is 0 Å². The number of aromatic nitrogens is 2. The Bertz CT molecular complexity index is 540. The van der Waals surface area contributed by atoms with Crippen molar-refractivity contribution in [2.45, 2.75) is 46.7 Å². The van der Waals surface area contributed by atoms with Crippen LogP contribution >= 0.6 is 0 Å². The van der Waals surface area contributed by atoms with Gasteiger partial charge < -0.3 is 9.88 Å². The molecule has 98 valence electrons. The number of nitrogens with zero attached hydrogens (tertiary/aromatic N) is 2. The van der Waals surface area contributed by atoms with Crippen molar-refractivity contribution >= 4 is 11.0 Å². The molecular weight excluding hydrogens is 222 g/mol. The van der Waals surface area contributed by atoms with Gasteiger partial charge in [-0.05, 0) is 51.9 Å². The van der Waals surface area contributed by atoms with Crippen LogP contribution in [0.5, 0.6) is 0 Å². The molecule has 0 saturated heterocycles. The van der Waals surface area contributed by atoms with E-state index in [2.05, 4.69) is 62.7 Å². The first-order valence-electron chi connectivity index (χ1n) is 6.76. The maximum Gasteiger partial charge on any atom is 0.127 e. The lowest BCUT2D eigenvalue weighted by Crippen LogP contribution is -2.22. The molecule has 2 aromatic rings. The van der Waals surface area contributed by atoms with Crippen LogP contribution in [0.2, 0.25) is 0 Å². The Hall–Kier alpha value is -1.35. The Morgan fingerprint density at radius 1 is 1.28 bits per heavy atom. The quantitative estimate of drug-likeness (QED) is 0.892. The highest BCUT2D eigenvalue weighted by atomic mass is 15.1. The molecular formula is C15H23N3. The highest BCUT2D eigenvalue weighted by Gasteiger charge is 2.17. The minimum Gasteiger partial charge on any atom is -0.324 e. The van der Waals surface area contributed by atoms with Gasteiger partial charge in [0, 0.05) is 6.04 Å². The summed E-state index contributed by atoms with van der Waals surface area (Å²) in [4.78, 5) is 4.81. The highest BCUT2D eigenvalue weighted by Crippen LogP contribution is 2.25. The molecule has 0 saturated carbocycles. The molecule has 1 aromatic heterocycles. The average molecular weight is 245 g/mol. The Kier molecular flexibility index (Phi) is 3.71. The van der Waals surface area contributed by atoms with Gasteiger partial charge in [-0.1, -0.05) is 13.0 Å². The number of fused-ring (bicyclic) bond motifs is 1. The van der Waals surface area contributed by atoms with E-state index in [9.17, 15) is 0 Å². The maximum atomic E-state index is 4.81. The number of imidazole rings is 1. The summed E-state index contributed by atoms with van der Waals surface area (Å²) in [6.45, 7) is 11.8. The smallest absolute Gasteiger partial charge is 0.127 e. The largest absolute Gasteiger partial charge is 0.324 e. The number of benzene rings is 1. The van der Waals surface area contributed by atoms with Gasteiger partial charge >= 0.3 is 0 Å². The van der Waals surface area contributed by atoms with Gasteiger partial charge in [-0.25, -0.2) is 4.98 Å². The monoisotopic (exact) mass is 245 g/mol. The topological polar surface area (TPSA) is 29.9 Å². The molecule has 0 fully saturated rings. The molecule has 0 spiro atoms. The molecule has 3 nitrogen and oxygen atoms in total. The Balaban J connectivity index is 2.60. The molecule has 0 aliphatic heterocycles. The fraction of sp³-hybridized carbons (Fsp3) is 0.533. The summed E-state index contributed by atoms with van der Waals surface area (Å²) in [5.41, 5.74) is 3.59. The van der Waals surface area contributed by atoms with Crippen molar-refractivity contribution in [3.05, 3.63) is 29.6 Å². The van der Waals surface area contributed by atoms with E-state index in [0.717, 1.165) is 17.9 Å². The lowest BCUT2D eigenvalue weighted by Gasteiger charge is -2.18. The van der Waals surface area contributed by atoms with E-state index < -0.39 is 0 Å². The summed E-state index contributed by atoms with van der Waals surface area (Å²) < 4.78 is 2.34. The van der Waals surface area contributed by atoms with E-state index in [4.69, 9.17) is 4.98 Å². The SMILES string of the molecule is CCNC(C)c1nc2cc(C)ccc2n1C(C)C. The van der Waals surface area contributed by atoms with E-state index in [-0.39, 0.29) is 6.04 Å². The minimum atomic E-state index is 0.283. The van der Waals surface area contributed by atoms with Gasteiger partial charge in [0.1, 0.15) is 5.82 Å². The molecule has 1 heterocycles. The molecule has 0 radical (unpaired) electrons. The van der Waals surface area contributed by atoms with Crippen molar-refractivity contribution in [2.75, 3.05) is 6.54 Å². The Morgan fingerprint density at radius 3 is 2.61 bits per heavy atom. The number of hydrogen-bond acceptors (Lipinski definition) is 2. The van der Waals surface area contributed by atoms with Crippen molar-refractivity contribution in [1.29, 1.82) is 0 Å². The van der Waals surface area contributed by atoms with E-state index in [1.807, 2.05) is 0 Å². The van der Waals surface area contributed by atoms with Crippen LogP contribution in [0.15, 0.2) is 18.2 Å². The second kappa shape index (κ2) is 5.11. The lowest BCUT2D eigenvalue weighted by molar-refractivity contribution is 0.502. The van der Waals surface area contributed by atoms with Crippen molar-refractivity contribution in [2.24, 2.45) is 0 Å². The van der Waals surface area contributed by atoms with Gasteiger partial charge in [0.05, 0.1) is 17.1 Å². The summed E-state index contributed by atoms with van der Waals surface area (Å²) in [7, 11) is 0. The Morgan fingerprint density at radius 2 is 2.00 bits per heavy atom. The summed E-state index contributed by atoms with van der Waals surface area (Å²) in [6.07, 6.45) is 0. The van der Waals surface area contributed by atoms with Gasteiger partial charge in [-0.3, -0.25) is 0 Å². The number of aryl methyl sites for hydroxylation is 1. The molecule has 3 heteroatoms. The first kappa shape index (κ1) is 13.1. The summed E-state index contributed by atoms with van der Waals surface area (Å²) in [6, 6.07) is 7.21. The van der Waals surface area contributed by atoms with Crippen molar-refractivity contribution < 1.29 is 0 Å². The zero-order valence-electron chi connectivity index (χ0n) is 12.0. The standard InChI is InChI=1S/C15H23N3/c1-6-16-12(5)15-17-13-9-11(4)7-8-14(13)18(15)10(2)3/h7-10,12,16H,6H2,1-5H3. The van der Waals surface area contributed by atoms with Crippen LogP contribution in [0.1, 0.15) is 51.2 Å². The molecule has 1 aromatic carbocycles. The second-order valence-electron chi connectivity index (χ2n) is 5.21. The van der Waals surface area contributed by atoms with Gasteiger partial charge in [-0.15, -0.1) is 0 Å². The first-order chi connectivity index (χ1) is 8.54. The molecule has 18 heavy (non-hydrogen) atoms. The number of nitrogens with one attached hydrogen (secondary N) is 1. The minimum absolute atomic E-state index is 0.283. The maximum absolute atomic E-state index is 4.81. The summed E-state index contributed by atoms with van der Waals surface area (Å²) >= 11 is 0. The van der Waals surface area contributed by atoms with Crippen LogP contribution in [0, 0.1) is 6.92 Å². The number of rotatable bonds is 4. The average Bonchev–Trinajstić information content (AvgIpc) is 2.67. The van der Waals surface area contributed by atoms with E-state index in [1.165, 1.54) is 11.1 Å². The Labute approximate surface area is 109 Å². The van der Waals surface area contributed by atoms with Crippen LogP contribution in [0.4, 0.5) is 0 Å². The van der Waals surface area contributed by atoms with Crippen molar-refractivity contribution in [3.8, 4) is 0 Å². The second-order valence-corrected chi connectivity index (χ2v) is 5.21. The molecule has 0 bridgehead atoms. The third-order valence-corrected chi connectivity index (χ3v) is 3.29. The van der Waals surface area contributed by atoms with Gasteiger partial charge in [0.15, 0.2) is 0 Å². The highest BCUT2D eigenvalue weighted by molar-refractivity contribution is 5.77. The molecule has 1 unspecified atom stereocenters. The van der Waals surface area contributed by atoms with Crippen molar-refractivity contribution in [3.63, 3.8) is 0 Å². The molecule has 0 aliphatic carbocycles. The molecule has 1 atom stereocenters. The van der Waals surface area contributed by atoms with Gasteiger partial charge in [0.2, 0.25) is 0 Å². The summed E-state index contributed by atoms with van der Waals surface area (Å²) in [5.74, 6) is 1.13. The molecule has 1 N–H and O–H groups in total. The van der Waals surface area contributed by atoms with Gasteiger partial charge in [0.25, 0.3) is 0 Å². The third kappa shape index (κ3) is 2.27. The van der Waals surface area contributed by atoms with Crippen LogP contribution in [0.3, 0.4) is 0 Å². The molecule has 2 rings (SSSR count). The zero-order valence-corrected chi connectivity index (χ0v) is 12.0. The third-order valence-electron chi connectivity index (χ3n) is 3.29. The normalized spacial score (nSPS) is 13.4. The van der Waals surface area contributed by atoms with E-state index in [0.29, 0.717) is 6.04 Å². The van der Waals surface area contributed by atoms with Crippen LogP contribution in [-0.4, -0.2) is 16.1 Å². The van der Waals surface area contributed by atoms with Crippen LogP contribution < -0.4 is 5.32 Å².